The van der Waals surface area contributed by atoms with Crippen molar-refractivity contribution < 1.29 is 9.18 Å². The molecule has 3 aromatic rings. The van der Waals surface area contributed by atoms with Gasteiger partial charge in [-0.1, -0.05) is 29.3 Å². The molecule has 0 saturated carbocycles. The van der Waals surface area contributed by atoms with E-state index < -0.39 is 5.82 Å². The second kappa shape index (κ2) is 8.76. The van der Waals surface area contributed by atoms with Gasteiger partial charge in [0.15, 0.2) is 0 Å². The van der Waals surface area contributed by atoms with Crippen LogP contribution >= 0.6 is 23.2 Å². The summed E-state index contributed by atoms with van der Waals surface area (Å²) >= 11 is 12.1. The van der Waals surface area contributed by atoms with Gasteiger partial charge in [-0.2, -0.15) is 0 Å². The Hall–Kier alpha value is -2.37. The van der Waals surface area contributed by atoms with Crippen molar-refractivity contribution in [3.8, 4) is 0 Å². The second-order valence-electron chi connectivity index (χ2n) is 6.29. The van der Waals surface area contributed by atoms with Crippen LogP contribution < -0.4 is 5.32 Å². The monoisotopic (exact) mass is 419 g/mol. The number of anilines is 1. The number of nitrogens with zero attached hydrogens (tertiary/aromatic N) is 2. The van der Waals surface area contributed by atoms with Crippen molar-refractivity contribution in [1.29, 1.82) is 0 Å². The van der Waals surface area contributed by atoms with Gasteiger partial charge in [-0.25, -0.2) is 4.39 Å². The highest BCUT2D eigenvalue weighted by molar-refractivity contribution is 6.31. The minimum Gasteiger partial charge on any atom is -0.380 e. The number of carbonyl (C=O) groups is 1. The van der Waals surface area contributed by atoms with Crippen molar-refractivity contribution in [2.75, 3.05) is 18.4 Å². The van der Waals surface area contributed by atoms with Gasteiger partial charge in [-0.15, -0.1) is 0 Å². The van der Waals surface area contributed by atoms with Crippen molar-refractivity contribution in [3.05, 3.63) is 69.6 Å². The van der Waals surface area contributed by atoms with Crippen LogP contribution in [0.4, 0.5) is 10.1 Å². The summed E-state index contributed by atoms with van der Waals surface area (Å²) in [6.45, 7) is 5.41. The van der Waals surface area contributed by atoms with Crippen LogP contribution in [-0.2, 0) is 6.54 Å². The number of aromatic nitrogens is 1. The Labute approximate surface area is 173 Å². The third-order valence-corrected chi connectivity index (χ3v) is 5.09. The number of nitrogens with one attached hydrogen (secondary N) is 1. The average Bonchev–Trinajstić information content (AvgIpc) is 2.69. The van der Waals surface area contributed by atoms with Crippen LogP contribution in [0.15, 0.2) is 42.6 Å². The van der Waals surface area contributed by atoms with E-state index in [0.717, 1.165) is 16.5 Å². The molecule has 0 aliphatic heterocycles. The van der Waals surface area contributed by atoms with Crippen LogP contribution in [0, 0.1) is 5.82 Å². The van der Waals surface area contributed by atoms with Gasteiger partial charge < -0.3 is 10.2 Å². The predicted molar refractivity (Wildman–Crippen MR) is 113 cm³/mol. The zero-order chi connectivity index (χ0) is 20.3. The number of benzene rings is 2. The molecule has 7 heteroatoms. The van der Waals surface area contributed by atoms with Crippen LogP contribution in [-0.4, -0.2) is 28.9 Å². The zero-order valence-electron chi connectivity index (χ0n) is 15.6. The Morgan fingerprint density at radius 3 is 2.57 bits per heavy atom. The lowest BCUT2D eigenvalue weighted by atomic mass is 10.1. The molecule has 0 atom stereocenters. The molecule has 1 amide bonds. The first-order valence-electron chi connectivity index (χ1n) is 9.00. The van der Waals surface area contributed by atoms with E-state index in [1.54, 1.807) is 35.4 Å². The highest BCUT2D eigenvalue weighted by Crippen LogP contribution is 2.30. The maximum atomic E-state index is 13.4. The number of pyridine rings is 1. The Morgan fingerprint density at radius 2 is 1.89 bits per heavy atom. The quantitative estimate of drug-likeness (QED) is 0.550. The van der Waals surface area contributed by atoms with Crippen LogP contribution in [0.3, 0.4) is 0 Å². The largest absolute Gasteiger partial charge is 0.380 e. The van der Waals surface area contributed by atoms with Gasteiger partial charge in [0.25, 0.3) is 5.91 Å². The molecule has 0 fully saturated rings. The highest BCUT2D eigenvalue weighted by atomic mass is 35.5. The second-order valence-corrected chi connectivity index (χ2v) is 7.13. The number of hydrogen-bond acceptors (Lipinski definition) is 3. The molecular formula is C21H20Cl2FN3O. The van der Waals surface area contributed by atoms with Gasteiger partial charge in [0.05, 0.1) is 21.8 Å². The summed E-state index contributed by atoms with van der Waals surface area (Å²) in [7, 11) is 0. The molecule has 0 saturated heterocycles. The normalized spacial score (nSPS) is 10.9. The molecule has 4 nitrogen and oxygen atoms in total. The van der Waals surface area contributed by atoms with Crippen LogP contribution in [0.5, 0.6) is 0 Å². The smallest absolute Gasteiger partial charge is 0.257 e. The summed E-state index contributed by atoms with van der Waals surface area (Å²) in [5.41, 5.74) is 2.62. The molecular weight excluding hydrogens is 400 g/mol. The molecule has 3 rings (SSSR count). The SMILES string of the molecule is CCN(CC)C(=O)c1cnc2ccc(Cl)cc2c1NCc1ccc(F)c(Cl)c1. The van der Waals surface area contributed by atoms with E-state index >= 15 is 0 Å². The van der Waals surface area contributed by atoms with Gasteiger partial charge in [0, 0.05) is 36.2 Å². The summed E-state index contributed by atoms with van der Waals surface area (Å²) in [5.74, 6) is -0.581. The van der Waals surface area contributed by atoms with E-state index in [1.807, 2.05) is 19.9 Å². The molecule has 0 unspecified atom stereocenters. The topological polar surface area (TPSA) is 45.2 Å². The number of amides is 1. The van der Waals surface area contributed by atoms with Crippen molar-refractivity contribution >= 4 is 45.7 Å². The molecule has 146 valence electrons. The molecule has 1 N–H and O–H groups in total. The zero-order valence-corrected chi connectivity index (χ0v) is 17.1. The van der Waals surface area contributed by atoms with E-state index in [0.29, 0.717) is 35.9 Å². The van der Waals surface area contributed by atoms with E-state index in [9.17, 15) is 9.18 Å². The molecule has 0 aliphatic rings. The molecule has 0 bridgehead atoms. The number of rotatable bonds is 6. The maximum absolute atomic E-state index is 13.4. The van der Waals surface area contributed by atoms with Crippen molar-refractivity contribution in [3.63, 3.8) is 0 Å². The Balaban J connectivity index is 2.05. The van der Waals surface area contributed by atoms with Crippen molar-refractivity contribution in [2.45, 2.75) is 20.4 Å². The first-order chi connectivity index (χ1) is 13.4. The van der Waals surface area contributed by atoms with Gasteiger partial charge in [0.1, 0.15) is 5.82 Å². The average molecular weight is 420 g/mol. The third kappa shape index (κ3) is 4.21. The number of fused-ring (bicyclic) bond motifs is 1. The summed E-state index contributed by atoms with van der Waals surface area (Å²) in [4.78, 5) is 19.2. The molecule has 1 heterocycles. The third-order valence-electron chi connectivity index (χ3n) is 4.56. The summed E-state index contributed by atoms with van der Waals surface area (Å²) in [5, 5.41) is 4.66. The maximum Gasteiger partial charge on any atom is 0.257 e. The highest BCUT2D eigenvalue weighted by Gasteiger charge is 2.19. The molecule has 0 aliphatic carbocycles. The molecule has 28 heavy (non-hydrogen) atoms. The van der Waals surface area contributed by atoms with Crippen LogP contribution in [0.1, 0.15) is 29.8 Å². The lowest BCUT2D eigenvalue weighted by Gasteiger charge is -2.21. The van der Waals surface area contributed by atoms with E-state index in [1.165, 1.54) is 6.07 Å². The first kappa shape index (κ1) is 20.4. The lowest BCUT2D eigenvalue weighted by molar-refractivity contribution is 0.0773. The number of carbonyl (C=O) groups excluding carboxylic acids is 1. The fourth-order valence-electron chi connectivity index (χ4n) is 3.04. The lowest BCUT2D eigenvalue weighted by Crippen LogP contribution is -2.31. The number of hydrogen-bond donors (Lipinski definition) is 1. The first-order valence-corrected chi connectivity index (χ1v) is 9.75. The van der Waals surface area contributed by atoms with Gasteiger partial charge in [0.2, 0.25) is 0 Å². The van der Waals surface area contributed by atoms with E-state index in [2.05, 4.69) is 10.3 Å². The van der Waals surface area contributed by atoms with Crippen LogP contribution in [0.25, 0.3) is 10.9 Å². The molecule has 1 aromatic heterocycles. The van der Waals surface area contributed by atoms with E-state index in [4.69, 9.17) is 23.2 Å². The fourth-order valence-corrected chi connectivity index (χ4v) is 3.41. The molecule has 2 aromatic carbocycles. The molecule has 0 radical (unpaired) electrons. The minimum absolute atomic E-state index is 0.0568. The van der Waals surface area contributed by atoms with Crippen molar-refractivity contribution in [2.24, 2.45) is 0 Å². The number of halogens is 3. The van der Waals surface area contributed by atoms with Crippen LogP contribution in [0.2, 0.25) is 10.0 Å². The fraction of sp³-hybridized carbons (Fsp3) is 0.238. The standard InChI is InChI=1S/C21H20Cl2FN3O/c1-3-27(4-2)21(28)16-12-25-19-8-6-14(22)10-15(19)20(16)26-11-13-5-7-18(24)17(23)9-13/h5-10,12H,3-4,11H2,1-2H3,(H,25,26). The summed E-state index contributed by atoms with van der Waals surface area (Å²) in [6, 6.07) is 9.88. The predicted octanol–water partition coefficient (Wildman–Crippen LogP) is 5.77. The van der Waals surface area contributed by atoms with Gasteiger partial charge >= 0.3 is 0 Å². The summed E-state index contributed by atoms with van der Waals surface area (Å²) < 4.78 is 13.4. The molecule has 0 spiro atoms. The Morgan fingerprint density at radius 1 is 1.14 bits per heavy atom. The van der Waals surface area contributed by atoms with Gasteiger partial charge in [-0.3, -0.25) is 9.78 Å². The Bertz CT molecular complexity index is 1020. The Kier molecular flexibility index (Phi) is 6.37. The van der Waals surface area contributed by atoms with Gasteiger partial charge in [-0.05, 0) is 49.7 Å². The van der Waals surface area contributed by atoms with E-state index in [-0.39, 0.29) is 10.9 Å². The minimum atomic E-state index is -0.469. The summed E-state index contributed by atoms with van der Waals surface area (Å²) in [6.07, 6.45) is 1.58. The van der Waals surface area contributed by atoms with Crippen molar-refractivity contribution in [1.82, 2.24) is 9.88 Å².